The number of hydrogen-bond donors (Lipinski definition) is 3. The predicted molar refractivity (Wildman–Crippen MR) is 93.6 cm³/mol. The van der Waals surface area contributed by atoms with Crippen molar-refractivity contribution in [1.29, 1.82) is 0 Å². The van der Waals surface area contributed by atoms with Crippen LogP contribution in [-0.2, 0) is 9.53 Å². The summed E-state index contributed by atoms with van der Waals surface area (Å²) in [5.41, 5.74) is 0.911. The average Bonchev–Trinajstić information content (AvgIpc) is 2.89. The SMILES string of the molecule is C=C1CC[C@H]2[C@@](C)(CO)[C@H](O)CC[C@@]2(C)[C@H]1C/C=C1/C(=O)OC[C@H]1O. The van der Waals surface area contributed by atoms with Crippen LogP contribution < -0.4 is 0 Å². The van der Waals surface area contributed by atoms with E-state index in [4.69, 9.17) is 4.74 Å². The summed E-state index contributed by atoms with van der Waals surface area (Å²) < 4.78 is 4.90. The number of ether oxygens (including phenoxy) is 1. The number of fused-ring (bicyclic) bond motifs is 1. The number of allylic oxidation sites excluding steroid dienone is 2. The Hall–Kier alpha value is -1.17. The Morgan fingerprint density at radius 2 is 2.04 bits per heavy atom. The highest BCUT2D eigenvalue weighted by Crippen LogP contribution is 2.61. The lowest BCUT2D eigenvalue weighted by Crippen LogP contribution is -2.57. The standard InChI is InChI=1S/C20H30O5/c1-12-4-7-16-19(2,9-8-17(23)20(16,3)11-21)14(12)6-5-13-15(22)10-25-18(13)24/h5,14-17,21-23H,1,4,6-11H2,2-3H3/b13-5+/t14-,15+,16+,17+,19-,20+/m0/s1. The molecule has 0 spiro atoms. The van der Waals surface area contributed by atoms with Gasteiger partial charge in [0, 0.05) is 5.41 Å². The van der Waals surface area contributed by atoms with Crippen molar-refractivity contribution < 1.29 is 24.9 Å². The third kappa shape index (κ3) is 2.86. The van der Waals surface area contributed by atoms with Crippen LogP contribution >= 0.6 is 0 Å². The number of aliphatic hydroxyl groups excluding tert-OH is 3. The van der Waals surface area contributed by atoms with Crippen LogP contribution in [0.5, 0.6) is 0 Å². The molecule has 2 saturated carbocycles. The molecule has 0 bridgehead atoms. The smallest absolute Gasteiger partial charge is 0.336 e. The second-order valence-electron chi connectivity index (χ2n) is 8.54. The number of aliphatic hydroxyl groups is 3. The van der Waals surface area contributed by atoms with E-state index >= 15 is 0 Å². The monoisotopic (exact) mass is 350 g/mol. The van der Waals surface area contributed by atoms with E-state index in [1.165, 1.54) is 0 Å². The van der Waals surface area contributed by atoms with E-state index in [1.807, 2.05) is 13.0 Å². The first-order valence-corrected chi connectivity index (χ1v) is 9.26. The van der Waals surface area contributed by atoms with Gasteiger partial charge < -0.3 is 20.1 Å². The fraction of sp³-hybridized carbons (Fsp3) is 0.750. The fourth-order valence-electron chi connectivity index (χ4n) is 5.56. The summed E-state index contributed by atoms with van der Waals surface area (Å²) in [5.74, 6) is -0.0734. The van der Waals surface area contributed by atoms with Gasteiger partial charge in [0.25, 0.3) is 0 Å². The highest BCUT2D eigenvalue weighted by molar-refractivity contribution is 5.91. The van der Waals surface area contributed by atoms with Crippen LogP contribution in [-0.4, -0.2) is 46.7 Å². The number of cyclic esters (lactones) is 1. The van der Waals surface area contributed by atoms with Gasteiger partial charge in [0.05, 0.1) is 18.3 Å². The average molecular weight is 350 g/mol. The lowest BCUT2D eigenvalue weighted by molar-refractivity contribution is -0.151. The maximum Gasteiger partial charge on any atom is 0.336 e. The van der Waals surface area contributed by atoms with Gasteiger partial charge in [0.1, 0.15) is 12.7 Å². The van der Waals surface area contributed by atoms with Gasteiger partial charge in [-0.1, -0.05) is 32.1 Å². The van der Waals surface area contributed by atoms with Gasteiger partial charge in [0.15, 0.2) is 0 Å². The minimum absolute atomic E-state index is 0.0280. The summed E-state index contributed by atoms with van der Waals surface area (Å²) >= 11 is 0. The molecular formula is C20H30O5. The van der Waals surface area contributed by atoms with Crippen molar-refractivity contribution in [3.8, 4) is 0 Å². The van der Waals surface area contributed by atoms with Gasteiger partial charge in [-0.3, -0.25) is 0 Å². The highest BCUT2D eigenvalue weighted by atomic mass is 16.6. The quantitative estimate of drug-likeness (QED) is 0.411. The van der Waals surface area contributed by atoms with Crippen molar-refractivity contribution in [2.24, 2.45) is 22.7 Å². The maximum absolute atomic E-state index is 11.8. The van der Waals surface area contributed by atoms with Crippen molar-refractivity contribution in [3.05, 3.63) is 23.8 Å². The van der Waals surface area contributed by atoms with Crippen LogP contribution in [0.25, 0.3) is 0 Å². The molecular weight excluding hydrogens is 320 g/mol. The Balaban J connectivity index is 1.89. The molecule has 5 nitrogen and oxygen atoms in total. The van der Waals surface area contributed by atoms with E-state index in [1.54, 1.807) is 0 Å². The largest absolute Gasteiger partial charge is 0.459 e. The van der Waals surface area contributed by atoms with Crippen molar-refractivity contribution in [2.45, 2.75) is 58.2 Å². The van der Waals surface area contributed by atoms with E-state index in [0.29, 0.717) is 18.4 Å². The van der Waals surface area contributed by atoms with E-state index in [-0.39, 0.29) is 30.5 Å². The molecule has 0 amide bonds. The van der Waals surface area contributed by atoms with Crippen LogP contribution in [0.15, 0.2) is 23.8 Å². The van der Waals surface area contributed by atoms with Gasteiger partial charge >= 0.3 is 5.97 Å². The molecule has 5 heteroatoms. The normalized spacial score (nSPS) is 46.2. The highest BCUT2D eigenvalue weighted by Gasteiger charge is 2.57. The topological polar surface area (TPSA) is 87.0 Å². The molecule has 6 atom stereocenters. The van der Waals surface area contributed by atoms with Crippen LogP contribution in [0.3, 0.4) is 0 Å². The molecule has 1 saturated heterocycles. The molecule has 25 heavy (non-hydrogen) atoms. The predicted octanol–water partition coefficient (Wildman–Crippen LogP) is 1.96. The van der Waals surface area contributed by atoms with Gasteiger partial charge in [-0.2, -0.15) is 0 Å². The third-order valence-corrected chi connectivity index (χ3v) is 7.23. The lowest BCUT2D eigenvalue weighted by Gasteiger charge is -2.59. The molecule has 3 rings (SSSR count). The summed E-state index contributed by atoms with van der Waals surface area (Å²) in [6.07, 6.45) is 4.42. The lowest BCUT2D eigenvalue weighted by atomic mass is 9.46. The Labute approximate surface area is 149 Å². The van der Waals surface area contributed by atoms with E-state index in [9.17, 15) is 20.1 Å². The van der Waals surface area contributed by atoms with Gasteiger partial charge in [-0.25, -0.2) is 4.79 Å². The first kappa shape index (κ1) is 18.6. The van der Waals surface area contributed by atoms with Gasteiger partial charge in [0.2, 0.25) is 0 Å². The molecule has 1 aliphatic heterocycles. The van der Waals surface area contributed by atoms with Crippen LogP contribution in [0.2, 0.25) is 0 Å². The molecule has 3 fully saturated rings. The number of carbonyl (C=O) groups excluding carboxylic acids is 1. The first-order valence-electron chi connectivity index (χ1n) is 9.26. The van der Waals surface area contributed by atoms with E-state index < -0.39 is 23.6 Å². The molecule has 0 aromatic heterocycles. The second kappa shape index (κ2) is 6.53. The number of rotatable bonds is 3. The molecule has 140 valence electrons. The van der Waals surface area contributed by atoms with E-state index in [2.05, 4.69) is 13.5 Å². The zero-order valence-corrected chi connectivity index (χ0v) is 15.2. The number of esters is 1. The second-order valence-corrected chi connectivity index (χ2v) is 8.54. The molecule has 0 unspecified atom stereocenters. The fourth-order valence-corrected chi connectivity index (χ4v) is 5.56. The summed E-state index contributed by atoms with van der Waals surface area (Å²) in [5, 5.41) is 30.4. The minimum atomic E-state index is -0.844. The van der Waals surface area contributed by atoms with Crippen molar-refractivity contribution in [1.82, 2.24) is 0 Å². The Morgan fingerprint density at radius 1 is 1.32 bits per heavy atom. The van der Waals surface area contributed by atoms with E-state index in [0.717, 1.165) is 24.8 Å². The number of carbonyl (C=O) groups is 1. The minimum Gasteiger partial charge on any atom is -0.459 e. The molecule has 0 aromatic rings. The Bertz CT molecular complexity index is 597. The summed E-state index contributed by atoms with van der Waals surface area (Å²) in [6, 6.07) is 0. The zero-order valence-electron chi connectivity index (χ0n) is 15.2. The summed E-state index contributed by atoms with van der Waals surface area (Å²) in [7, 11) is 0. The molecule has 0 radical (unpaired) electrons. The van der Waals surface area contributed by atoms with Crippen molar-refractivity contribution in [2.75, 3.05) is 13.2 Å². The zero-order chi connectivity index (χ0) is 18.4. The third-order valence-electron chi connectivity index (χ3n) is 7.23. The van der Waals surface area contributed by atoms with Gasteiger partial charge in [-0.15, -0.1) is 0 Å². The first-order chi connectivity index (χ1) is 11.7. The molecule has 1 heterocycles. The maximum atomic E-state index is 11.8. The Morgan fingerprint density at radius 3 is 2.64 bits per heavy atom. The molecule has 0 aromatic carbocycles. The Kier molecular flexibility index (Phi) is 4.86. The van der Waals surface area contributed by atoms with Crippen molar-refractivity contribution >= 4 is 5.97 Å². The summed E-state index contributed by atoms with van der Waals surface area (Å²) in [4.78, 5) is 11.8. The van der Waals surface area contributed by atoms with Crippen LogP contribution in [0.4, 0.5) is 0 Å². The summed E-state index contributed by atoms with van der Waals surface area (Å²) in [6.45, 7) is 8.50. The molecule has 2 aliphatic carbocycles. The molecule has 3 N–H and O–H groups in total. The van der Waals surface area contributed by atoms with Crippen LogP contribution in [0.1, 0.15) is 46.0 Å². The number of hydrogen-bond acceptors (Lipinski definition) is 5. The molecule has 3 aliphatic rings. The van der Waals surface area contributed by atoms with Gasteiger partial charge in [-0.05, 0) is 49.4 Å². The van der Waals surface area contributed by atoms with Crippen LogP contribution in [0, 0.1) is 22.7 Å². The van der Waals surface area contributed by atoms with Crippen molar-refractivity contribution in [3.63, 3.8) is 0 Å².